The van der Waals surface area contributed by atoms with E-state index in [1.54, 1.807) is 0 Å². The summed E-state index contributed by atoms with van der Waals surface area (Å²) in [6.45, 7) is 5.65. The van der Waals surface area contributed by atoms with E-state index in [4.69, 9.17) is 0 Å². The van der Waals surface area contributed by atoms with Gasteiger partial charge in [0, 0.05) is 38.4 Å². The van der Waals surface area contributed by atoms with Gasteiger partial charge in [-0.15, -0.1) is 0 Å². The predicted octanol–water partition coefficient (Wildman–Crippen LogP) is 2.16. The van der Waals surface area contributed by atoms with E-state index in [1.165, 1.54) is 38.0 Å². The zero-order valence-electron chi connectivity index (χ0n) is 15.7. The standard InChI is InChI=1S/C20H33N5/c1-21-20(22-12-8-17-9-13-24(2)14-10-17)23-18-11-15-25(16-18)19-6-4-3-5-7-19/h3-7,17-18H,8-16H2,1-2H3,(H2,21,22,23). The van der Waals surface area contributed by atoms with E-state index in [-0.39, 0.29) is 0 Å². The van der Waals surface area contributed by atoms with Crippen molar-refractivity contribution < 1.29 is 0 Å². The molecule has 5 nitrogen and oxygen atoms in total. The minimum Gasteiger partial charge on any atom is -0.369 e. The van der Waals surface area contributed by atoms with Gasteiger partial charge >= 0.3 is 0 Å². The van der Waals surface area contributed by atoms with Crippen molar-refractivity contribution in [3.63, 3.8) is 0 Å². The molecule has 3 rings (SSSR count). The van der Waals surface area contributed by atoms with Crippen LogP contribution in [0.2, 0.25) is 0 Å². The summed E-state index contributed by atoms with van der Waals surface area (Å²) in [5.41, 5.74) is 1.32. The van der Waals surface area contributed by atoms with Crippen molar-refractivity contribution in [2.75, 3.05) is 51.7 Å². The molecule has 1 unspecified atom stereocenters. The van der Waals surface area contributed by atoms with E-state index in [9.17, 15) is 0 Å². The Morgan fingerprint density at radius 1 is 1.12 bits per heavy atom. The number of para-hydroxylation sites is 1. The molecule has 0 aliphatic carbocycles. The fourth-order valence-corrected chi connectivity index (χ4v) is 3.88. The lowest BCUT2D eigenvalue weighted by molar-refractivity contribution is 0.213. The summed E-state index contributed by atoms with van der Waals surface area (Å²) in [4.78, 5) is 9.29. The van der Waals surface area contributed by atoms with Crippen LogP contribution in [0.4, 0.5) is 5.69 Å². The van der Waals surface area contributed by atoms with Crippen LogP contribution in [-0.4, -0.2) is 63.7 Å². The number of nitrogens with zero attached hydrogens (tertiary/aromatic N) is 3. The van der Waals surface area contributed by atoms with Gasteiger partial charge in [-0.05, 0) is 63.9 Å². The monoisotopic (exact) mass is 343 g/mol. The Hall–Kier alpha value is -1.75. The predicted molar refractivity (Wildman–Crippen MR) is 106 cm³/mol. The van der Waals surface area contributed by atoms with Crippen LogP contribution in [-0.2, 0) is 0 Å². The van der Waals surface area contributed by atoms with Crippen molar-refractivity contribution in [3.05, 3.63) is 30.3 Å². The van der Waals surface area contributed by atoms with E-state index in [2.05, 4.69) is 62.8 Å². The van der Waals surface area contributed by atoms with Crippen LogP contribution in [0.1, 0.15) is 25.7 Å². The number of nitrogens with one attached hydrogen (secondary N) is 2. The van der Waals surface area contributed by atoms with Crippen LogP contribution in [0, 0.1) is 5.92 Å². The van der Waals surface area contributed by atoms with Crippen molar-refractivity contribution in [2.24, 2.45) is 10.9 Å². The molecular formula is C20H33N5. The minimum atomic E-state index is 0.467. The second kappa shape index (κ2) is 9.09. The average Bonchev–Trinajstić information content (AvgIpc) is 3.12. The molecule has 2 fully saturated rings. The Labute approximate surface area is 152 Å². The molecule has 2 heterocycles. The van der Waals surface area contributed by atoms with Gasteiger partial charge < -0.3 is 20.4 Å². The summed E-state index contributed by atoms with van der Waals surface area (Å²) in [7, 11) is 4.09. The maximum atomic E-state index is 4.41. The highest BCUT2D eigenvalue weighted by molar-refractivity contribution is 5.80. The lowest BCUT2D eigenvalue weighted by Crippen LogP contribution is -2.45. The molecule has 138 valence electrons. The minimum absolute atomic E-state index is 0.467. The van der Waals surface area contributed by atoms with Crippen molar-refractivity contribution in [1.29, 1.82) is 0 Å². The van der Waals surface area contributed by atoms with E-state index < -0.39 is 0 Å². The highest BCUT2D eigenvalue weighted by atomic mass is 15.2. The van der Waals surface area contributed by atoms with Crippen LogP contribution < -0.4 is 15.5 Å². The Morgan fingerprint density at radius 2 is 1.88 bits per heavy atom. The molecule has 0 amide bonds. The molecule has 0 radical (unpaired) electrons. The van der Waals surface area contributed by atoms with Crippen LogP contribution in [0.5, 0.6) is 0 Å². The third-order valence-electron chi connectivity index (χ3n) is 5.56. The first-order chi connectivity index (χ1) is 12.2. The van der Waals surface area contributed by atoms with E-state index in [0.717, 1.165) is 37.9 Å². The molecular weight excluding hydrogens is 310 g/mol. The van der Waals surface area contributed by atoms with Gasteiger partial charge in [0.1, 0.15) is 0 Å². The van der Waals surface area contributed by atoms with E-state index in [0.29, 0.717) is 6.04 Å². The van der Waals surface area contributed by atoms with E-state index >= 15 is 0 Å². The number of anilines is 1. The maximum absolute atomic E-state index is 4.41. The molecule has 0 bridgehead atoms. The molecule has 2 N–H and O–H groups in total. The van der Waals surface area contributed by atoms with Crippen LogP contribution in [0.15, 0.2) is 35.3 Å². The Morgan fingerprint density at radius 3 is 2.60 bits per heavy atom. The van der Waals surface area contributed by atoms with Crippen molar-refractivity contribution in [1.82, 2.24) is 15.5 Å². The molecule has 2 saturated heterocycles. The first-order valence-electron chi connectivity index (χ1n) is 9.70. The van der Waals surface area contributed by atoms with Crippen molar-refractivity contribution in [3.8, 4) is 0 Å². The SMILES string of the molecule is CN=C(NCCC1CCN(C)CC1)NC1CCN(c2ccccc2)C1. The lowest BCUT2D eigenvalue weighted by atomic mass is 9.94. The summed E-state index contributed by atoms with van der Waals surface area (Å²) < 4.78 is 0. The normalized spacial score (nSPS) is 23.0. The molecule has 0 saturated carbocycles. The molecule has 0 spiro atoms. The number of benzene rings is 1. The first-order valence-corrected chi connectivity index (χ1v) is 9.70. The van der Waals surface area contributed by atoms with Crippen molar-refractivity contribution in [2.45, 2.75) is 31.7 Å². The topological polar surface area (TPSA) is 42.9 Å². The average molecular weight is 344 g/mol. The Bertz CT molecular complexity index is 536. The summed E-state index contributed by atoms with van der Waals surface area (Å²) >= 11 is 0. The van der Waals surface area contributed by atoms with Crippen LogP contribution >= 0.6 is 0 Å². The van der Waals surface area contributed by atoms with Gasteiger partial charge in [-0.2, -0.15) is 0 Å². The molecule has 5 heteroatoms. The number of rotatable bonds is 5. The highest BCUT2D eigenvalue weighted by Crippen LogP contribution is 2.20. The summed E-state index contributed by atoms with van der Waals surface area (Å²) in [5.74, 6) is 1.81. The quantitative estimate of drug-likeness (QED) is 0.635. The second-order valence-electron chi connectivity index (χ2n) is 7.45. The third kappa shape index (κ3) is 5.36. The Balaban J connectivity index is 1.38. The lowest BCUT2D eigenvalue weighted by Gasteiger charge is -2.29. The number of piperidine rings is 1. The zero-order valence-corrected chi connectivity index (χ0v) is 15.7. The summed E-state index contributed by atoms with van der Waals surface area (Å²) in [5, 5.41) is 7.12. The number of likely N-dealkylation sites (tertiary alicyclic amines) is 1. The van der Waals surface area contributed by atoms with Crippen LogP contribution in [0.25, 0.3) is 0 Å². The van der Waals surface area contributed by atoms with Gasteiger partial charge in [0.05, 0.1) is 0 Å². The molecule has 1 aromatic carbocycles. The van der Waals surface area contributed by atoms with E-state index in [1.807, 2.05) is 7.05 Å². The van der Waals surface area contributed by atoms with Gasteiger partial charge in [-0.3, -0.25) is 4.99 Å². The third-order valence-corrected chi connectivity index (χ3v) is 5.56. The fraction of sp³-hybridized carbons (Fsp3) is 0.650. The summed E-state index contributed by atoms with van der Waals surface area (Å²) in [6.07, 6.45) is 5.07. The number of guanidine groups is 1. The van der Waals surface area contributed by atoms with Crippen molar-refractivity contribution >= 4 is 11.6 Å². The van der Waals surface area contributed by atoms with Gasteiger partial charge in [-0.1, -0.05) is 18.2 Å². The molecule has 0 aromatic heterocycles. The molecule has 25 heavy (non-hydrogen) atoms. The number of hydrogen-bond acceptors (Lipinski definition) is 3. The molecule has 1 atom stereocenters. The van der Waals surface area contributed by atoms with Gasteiger partial charge in [0.15, 0.2) is 5.96 Å². The first kappa shape index (κ1) is 18.1. The molecule has 1 aromatic rings. The molecule has 2 aliphatic heterocycles. The largest absolute Gasteiger partial charge is 0.369 e. The Kier molecular flexibility index (Phi) is 6.56. The van der Waals surface area contributed by atoms with Gasteiger partial charge in [-0.25, -0.2) is 0 Å². The molecule has 2 aliphatic rings. The zero-order chi connectivity index (χ0) is 17.5. The summed E-state index contributed by atoms with van der Waals surface area (Å²) in [6, 6.07) is 11.1. The fourth-order valence-electron chi connectivity index (χ4n) is 3.88. The number of aliphatic imine (C=N–C) groups is 1. The maximum Gasteiger partial charge on any atom is 0.191 e. The van der Waals surface area contributed by atoms with Gasteiger partial charge in [0.25, 0.3) is 0 Å². The number of hydrogen-bond donors (Lipinski definition) is 2. The smallest absolute Gasteiger partial charge is 0.191 e. The second-order valence-corrected chi connectivity index (χ2v) is 7.45. The van der Waals surface area contributed by atoms with Crippen LogP contribution in [0.3, 0.4) is 0 Å². The van der Waals surface area contributed by atoms with Gasteiger partial charge in [0.2, 0.25) is 0 Å². The highest BCUT2D eigenvalue weighted by Gasteiger charge is 2.23.